The molecule has 1 amide bonds. The molecule has 0 saturated carbocycles. The Kier molecular flexibility index (Phi) is 6.09. The molecule has 104 valence electrons. The number of esters is 1. The molecule has 0 bridgehead atoms. The van der Waals surface area contributed by atoms with Crippen molar-refractivity contribution in [1.82, 2.24) is 4.90 Å². The molecule has 1 atom stereocenters. The summed E-state index contributed by atoms with van der Waals surface area (Å²) in [5, 5.41) is 0. The molecule has 0 aromatic carbocycles. The van der Waals surface area contributed by atoms with Gasteiger partial charge < -0.3 is 9.64 Å². The second-order valence-corrected chi connectivity index (χ2v) is 5.70. The van der Waals surface area contributed by atoms with Crippen molar-refractivity contribution in [3.63, 3.8) is 0 Å². The zero-order valence-electron chi connectivity index (χ0n) is 12.4. The molecule has 0 aliphatic carbocycles. The van der Waals surface area contributed by atoms with Crippen LogP contribution in [-0.2, 0) is 14.3 Å². The average Bonchev–Trinajstić information content (AvgIpc) is 2.14. The van der Waals surface area contributed by atoms with Crippen molar-refractivity contribution < 1.29 is 14.3 Å². The fourth-order valence-electron chi connectivity index (χ4n) is 1.75. The van der Waals surface area contributed by atoms with Crippen LogP contribution in [0.3, 0.4) is 0 Å². The van der Waals surface area contributed by atoms with Gasteiger partial charge in [0.1, 0.15) is 5.92 Å². The molecule has 4 nitrogen and oxygen atoms in total. The van der Waals surface area contributed by atoms with Gasteiger partial charge in [0.05, 0.1) is 6.61 Å². The average molecular weight is 255 g/mol. The Morgan fingerprint density at radius 1 is 1.33 bits per heavy atom. The van der Waals surface area contributed by atoms with Gasteiger partial charge in [-0.25, -0.2) is 0 Å². The first-order valence-corrected chi connectivity index (χ1v) is 6.17. The van der Waals surface area contributed by atoms with Gasteiger partial charge in [-0.3, -0.25) is 9.59 Å². The Bertz CT molecular complexity index is 328. The van der Waals surface area contributed by atoms with Gasteiger partial charge in [0.25, 0.3) is 0 Å². The first kappa shape index (κ1) is 16.7. The molecule has 18 heavy (non-hydrogen) atoms. The minimum atomic E-state index is -0.776. The second kappa shape index (κ2) is 6.57. The minimum absolute atomic E-state index is 0.219. The standard InChI is InChI=1S/C14H25NO3/c1-8-18-13(17)11(14(4,5)6)12(16)15(7)9-10(2)3/h11H,2,8-9H2,1,3-7H3. The van der Waals surface area contributed by atoms with Crippen LogP contribution in [0.4, 0.5) is 0 Å². The maximum absolute atomic E-state index is 12.3. The summed E-state index contributed by atoms with van der Waals surface area (Å²) in [6, 6.07) is 0. The zero-order chi connectivity index (χ0) is 14.5. The van der Waals surface area contributed by atoms with E-state index in [2.05, 4.69) is 6.58 Å². The van der Waals surface area contributed by atoms with Gasteiger partial charge in [0.2, 0.25) is 5.91 Å². The van der Waals surface area contributed by atoms with Crippen molar-refractivity contribution in [2.24, 2.45) is 11.3 Å². The quantitative estimate of drug-likeness (QED) is 0.430. The van der Waals surface area contributed by atoms with Crippen LogP contribution in [-0.4, -0.2) is 37.0 Å². The van der Waals surface area contributed by atoms with Crippen molar-refractivity contribution in [3.8, 4) is 0 Å². The molecule has 0 radical (unpaired) electrons. The van der Waals surface area contributed by atoms with E-state index in [1.807, 2.05) is 27.7 Å². The number of nitrogens with zero attached hydrogens (tertiary/aromatic N) is 1. The molecule has 0 saturated heterocycles. The maximum Gasteiger partial charge on any atom is 0.319 e. The fraction of sp³-hybridized carbons (Fsp3) is 0.714. The van der Waals surface area contributed by atoms with Crippen LogP contribution in [0.2, 0.25) is 0 Å². The lowest BCUT2D eigenvalue weighted by atomic mass is 9.79. The van der Waals surface area contributed by atoms with E-state index in [-0.39, 0.29) is 12.5 Å². The molecule has 0 aromatic heterocycles. The Labute approximate surface area is 110 Å². The highest BCUT2D eigenvalue weighted by molar-refractivity contribution is 5.98. The molecule has 0 aliphatic heterocycles. The van der Waals surface area contributed by atoms with E-state index in [9.17, 15) is 9.59 Å². The van der Waals surface area contributed by atoms with Crippen molar-refractivity contribution in [2.75, 3.05) is 20.2 Å². The summed E-state index contributed by atoms with van der Waals surface area (Å²) in [4.78, 5) is 25.8. The summed E-state index contributed by atoms with van der Waals surface area (Å²) < 4.78 is 5.00. The molecule has 4 heteroatoms. The predicted molar refractivity (Wildman–Crippen MR) is 72.0 cm³/mol. The Morgan fingerprint density at radius 2 is 1.83 bits per heavy atom. The molecule has 0 fully saturated rings. The van der Waals surface area contributed by atoms with Crippen molar-refractivity contribution in [1.29, 1.82) is 0 Å². The lowest BCUT2D eigenvalue weighted by molar-refractivity contribution is -0.159. The van der Waals surface area contributed by atoms with E-state index >= 15 is 0 Å². The SMILES string of the molecule is C=C(C)CN(C)C(=O)C(C(=O)OCC)C(C)(C)C. The van der Waals surface area contributed by atoms with Crippen LogP contribution in [0.1, 0.15) is 34.6 Å². The summed E-state index contributed by atoms with van der Waals surface area (Å²) in [6.45, 7) is 13.7. The number of hydrogen-bond donors (Lipinski definition) is 0. The van der Waals surface area contributed by atoms with E-state index in [4.69, 9.17) is 4.74 Å². The Hall–Kier alpha value is -1.32. The molecular weight excluding hydrogens is 230 g/mol. The van der Waals surface area contributed by atoms with E-state index in [0.717, 1.165) is 5.57 Å². The largest absolute Gasteiger partial charge is 0.465 e. The van der Waals surface area contributed by atoms with Crippen LogP contribution in [0.5, 0.6) is 0 Å². The number of likely N-dealkylation sites (N-methyl/N-ethyl adjacent to an activating group) is 1. The van der Waals surface area contributed by atoms with Gasteiger partial charge in [0, 0.05) is 13.6 Å². The highest BCUT2D eigenvalue weighted by Crippen LogP contribution is 2.28. The molecule has 1 unspecified atom stereocenters. The molecule has 0 N–H and O–H groups in total. The topological polar surface area (TPSA) is 46.6 Å². The molecule has 0 aliphatic rings. The van der Waals surface area contributed by atoms with Gasteiger partial charge >= 0.3 is 5.97 Å². The third-order valence-corrected chi connectivity index (χ3v) is 2.52. The first-order chi connectivity index (χ1) is 8.11. The number of carbonyl (C=O) groups is 2. The van der Waals surface area contributed by atoms with Crippen LogP contribution in [0.15, 0.2) is 12.2 Å². The van der Waals surface area contributed by atoms with E-state index in [1.165, 1.54) is 4.90 Å². The molecule has 0 spiro atoms. The van der Waals surface area contributed by atoms with Crippen molar-refractivity contribution in [2.45, 2.75) is 34.6 Å². The van der Waals surface area contributed by atoms with Crippen LogP contribution < -0.4 is 0 Å². The highest BCUT2D eigenvalue weighted by Gasteiger charge is 2.40. The third kappa shape index (κ3) is 4.90. The number of ether oxygens (including phenoxy) is 1. The van der Waals surface area contributed by atoms with Gasteiger partial charge in [-0.15, -0.1) is 0 Å². The summed E-state index contributed by atoms with van der Waals surface area (Å²) in [5.41, 5.74) is 0.412. The fourth-order valence-corrected chi connectivity index (χ4v) is 1.75. The number of amides is 1. The van der Waals surface area contributed by atoms with E-state index in [0.29, 0.717) is 6.54 Å². The van der Waals surface area contributed by atoms with E-state index < -0.39 is 17.3 Å². The molecule has 0 heterocycles. The first-order valence-electron chi connectivity index (χ1n) is 6.17. The van der Waals surface area contributed by atoms with Crippen LogP contribution in [0.25, 0.3) is 0 Å². The van der Waals surface area contributed by atoms with Crippen molar-refractivity contribution >= 4 is 11.9 Å². The van der Waals surface area contributed by atoms with Crippen molar-refractivity contribution in [3.05, 3.63) is 12.2 Å². The van der Waals surface area contributed by atoms with Gasteiger partial charge in [-0.1, -0.05) is 32.9 Å². The van der Waals surface area contributed by atoms with Gasteiger partial charge in [0.15, 0.2) is 0 Å². The van der Waals surface area contributed by atoms with E-state index in [1.54, 1.807) is 14.0 Å². The number of rotatable bonds is 5. The van der Waals surface area contributed by atoms with Crippen LogP contribution >= 0.6 is 0 Å². The highest BCUT2D eigenvalue weighted by atomic mass is 16.5. The Balaban J connectivity index is 5.03. The third-order valence-electron chi connectivity index (χ3n) is 2.52. The minimum Gasteiger partial charge on any atom is -0.465 e. The normalized spacial score (nSPS) is 12.8. The predicted octanol–water partition coefficient (Wildman–Crippen LogP) is 2.25. The monoisotopic (exact) mass is 255 g/mol. The maximum atomic E-state index is 12.3. The summed E-state index contributed by atoms with van der Waals surface area (Å²) in [5.74, 6) is -1.45. The lowest BCUT2D eigenvalue weighted by Gasteiger charge is -2.31. The summed E-state index contributed by atoms with van der Waals surface area (Å²) in [6.07, 6.45) is 0. The zero-order valence-corrected chi connectivity index (χ0v) is 12.4. The number of carbonyl (C=O) groups excluding carboxylic acids is 2. The summed E-state index contributed by atoms with van der Waals surface area (Å²) in [7, 11) is 1.68. The Morgan fingerprint density at radius 3 is 2.17 bits per heavy atom. The molecule has 0 rings (SSSR count). The lowest BCUT2D eigenvalue weighted by Crippen LogP contribution is -2.44. The van der Waals surface area contributed by atoms with Gasteiger partial charge in [-0.05, 0) is 19.3 Å². The van der Waals surface area contributed by atoms with Crippen LogP contribution in [0, 0.1) is 11.3 Å². The molecular formula is C14H25NO3. The van der Waals surface area contributed by atoms with Gasteiger partial charge in [-0.2, -0.15) is 0 Å². The second-order valence-electron chi connectivity index (χ2n) is 5.70. The molecule has 0 aromatic rings. The number of hydrogen-bond acceptors (Lipinski definition) is 3. The smallest absolute Gasteiger partial charge is 0.319 e. The summed E-state index contributed by atoms with van der Waals surface area (Å²) >= 11 is 0.